The predicted octanol–water partition coefficient (Wildman–Crippen LogP) is 0.253. The van der Waals surface area contributed by atoms with Gasteiger partial charge in [0.1, 0.15) is 0 Å². The van der Waals surface area contributed by atoms with Crippen LogP contribution in [0.1, 0.15) is 0 Å². The van der Waals surface area contributed by atoms with Crippen LogP contribution in [0, 0.1) is 0 Å². The predicted molar refractivity (Wildman–Crippen MR) is 25.0 cm³/mol. The molecule has 0 unspecified atom stereocenters. The first-order valence-corrected chi connectivity index (χ1v) is 3.02. The summed E-state index contributed by atoms with van der Waals surface area (Å²) in [4.78, 5) is 0. The lowest BCUT2D eigenvalue weighted by Crippen LogP contribution is -1.61. The molecule has 0 fully saturated rings. The summed E-state index contributed by atoms with van der Waals surface area (Å²) in [5.74, 6) is -0.184. The van der Waals surface area contributed by atoms with Gasteiger partial charge in [0.2, 0.25) is 0 Å². The molecule has 0 amide bonds. The van der Waals surface area contributed by atoms with E-state index >= 15 is 0 Å². The normalized spacial score (nSPS) is 8.20. The van der Waals surface area contributed by atoms with Crippen molar-refractivity contribution < 1.29 is 4.39 Å². The molecule has 0 spiro atoms. The average molecular weight is 90.2 g/mol. The number of hydrogen-bond acceptors (Lipinski definition) is 0. The Hall–Kier alpha value is -0.113. The largest absolute Gasteiger partial charge is 0.213 e. The van der Waals surface area contributed by atoms with Crippen LogP contribution in [0.2, 0.25) is 6.04 Å². The Kier molecular flexibility index (Phi) is 2.10. The lowest BCUT2D eigenvalue weighted by Gasteiger charge is -1.74. The molecule has 0 nitrogen and oxygen atoms in total. The molecule has 5 heavy (non-hydrogen) atoms. The maximum absolute atomic E-state index is 11.3. The van der Waals surface area contributed by atoms with E-state index in [1.165, 1.54) is 0 Å². The molecule has 0 rings (SSSR count). The average Bonchev–Trinajstić information content (AvgIpc) is 1.38. The Bertz CT molecular complexity index is 42.2. The van der Waals surface area contributed by atoms with Crippen molar-refractivity contribution >= 4 is 10.2 Å². The minimum Gasteiger partial charge on any atom is -0.213 e. The quantitative estimate of drug-likeness (QED) is 0.405. The molecule has 0 saturated carbocycles. The summed E-state index contributed by atoms with van der Waals surface area (Å²) in [7, 11) is 0.899. The molecule has 30 valence electrons. The molecule has 2 heteroatoms. The maximum atomic E-state index is 11.3. The summed E-state index contributed by atoms with van der Waals surface area (Å²) in [5.41, 5.74) is 0. The molecule has 0 aliphatic carbocycles. The van der Waals surface area contributed by atoms with E-state index in [2.05, 4.69) is 6.58 Å². The summed E-state index contributed by atoms with van der Waals surface area (Å²) >= 11 is 0. The molecular weight excluding hydrogens is 83.1 g/mol. The molecular formula is C3H7FSi. The minimum absolute atomic E-state index is 0.184. The Labute approximate surface area is 34.1 Å². The second kappa shape index (κ2) is 2.14. The van der Waals surface area contributed by atoms with Crippen LogP contribution in [0.4, 0.5) is 4.39 Å². The smallest absolute Gasteiger partial charge is 0.0892 e. The molecule has 0 saturated heterocycles. The Morgan fingerprint density at radius 1 is 2.00 bits per heavy atom. The van der Waals surface area contributed by atoms with Crippen molar-refractivity contribution in [3.05, 3.63) is 12.4 Å². The zero-order chi connectivity index (χ0) is 4.28. The minimum atomic E-state index is -0.184. The third-order valence-electron chi connectivity index (χ3n) is 0.384. The molecule has 0 aromatic heterocycles. The van der Waals surface area contributed by atoms with Gasteiger partial charge in [0, 0.05) is 10.2 Å². The summed E-state index contributed by atoms with van der Waals surface area (Å²) in [6.07, 6.45) is 0. The van der Waals surface area contributed by atoms with Gasteiger partial charge in [-0.3, -0.25) is 0 Å². The van der Waals surface area contributed by atoms with Gasteiger partial charge >= 0.3 is 0 Å². The number of halogens is 1. The third-order valence-corrected chi connectivity index (χ3v) is 1.15. The molecule has 0 radical (unpaired) electrons. The molecule has 0 bridgehead atoms. The van der Waals surface area contributed by atoms with Gasteiger partial charge in [0.15, 0.2) is 0 Å². The van der Waals surface area contributed by atoms with Crippen molar-refractivity contribution in [2.45, 2.75) is 6.04 Å². The Balaban J connectivity index is 2.85. The third kappa shape index (κ3) is 3.89. The van der Waals surface area contributed by atoms with Gasteiger partial charge in [-0.15, -0.1) is 0 Å². The second-order valence-corrected chi connectivity index (χ2v) is 1.58. The van der Waals surface area contributed by atoms with Crippen molar-refractivity contribution in [2.24, 2.45) is 0 Å². The highest BCUT2D eigenvalue weighted by Crippen LogP contribution is 1.91. The van der Waals surface area contributed by atoms with Gasteiger partial charge in [-0.2, -0.15) is 0 Å². The van der Waals surface area contributed by atoms with E-state index in [0.29, 0.717) is 6.04 Å². The molecule has 0 aliphatic rings. The standard InChI is InChI=1S/C3H7FSi/c1-3(4)2-5/h1-2H2,5H3. The lowest BCUT2D eigenvalue weighted by molar-refractivity contribution is 0.645. The van der Waals surface area contributed by atoms with Crippen LogP contribution in [0.25, 0.3) is 0 Å². The van der Waals surface area contributed by atoms with E-state index in [9.17, 15) is 4.39 Å². The summed E-state index contributed by atoms with van der Waals surface area (Å²) in [5, 5.41) is 0. The maximum Gasteiger partial charge on any atom is 0.0892 e. The number of rotatable bonds is 1. The van der Waals surface area contributed by atoms with E-state index in [-0.39, 0.29) is 5.83 Å². The van der Waals surface area contributed by atoms with Gasteiger partial charge in [-0.25, -0.2) is 4.39 Å². The van der Waals surface area contributed by atoms with Crippen LogP contribution in [-0.4, -0.2) is 10.2 Å². The highest BCUT2D eigenvalue weighted by atomic mass is 28.1. The summed E-state index contributed by atoms with van der Waals surface area (Å²) in [6, 6.07) is 0.583. The topological polar surface area (TPSA) is 0 Å². The van der Waals surface area contributed by atoms with Crippen LogP contribution in [-0.2, 0) is 0 Å². The fourth-order valence-electron chi connectivity index (χ4n) is 0. The Morgan fingerprint density at radius 2 is 2.20 bits per heavy atom. The van der Waals surface area contributed by atoms with Crippen molar-refractivity contribution in [3.8, 4) is 0 Å². The first-order valence-electron chi connectivity index (χ1n) is 1.60. The number of hydrogen-bond donors (Lipinski definition) is 0. The van der Waals surface area contributed by atoms with E-state index in [1.54, 1.807) is 0 Å². The second-order valence-electron chi connectivity index (χ2n) is 0.871. The molecule has 0 aliphatic heterocycles. The number of allylic oxidation sites excluding steroid dienone is 1. The summed E-state index contributed by atoms with van der Waals surface area (Å²) < 4.78 is 11.3. The van der Waals surface area contributed by atoms with Crippen molar-refractivity contribution in [1.29, 1.82) is 0 Å². The van der Waals surface area contributed by atoms with Crippen LogP contribution in [0.5, 0.6) is 0 Å². The van der Waals surface area contributed by atoms with Gasteiger partial charge in [0.25, 0.3) is 0 Å². The van der Waals surface area contributed by atoms with E-state index in [0.717, 1.165) is 10.2 Å². The first-order chi connectivity index (χ1) is 2.27. The molecule has 0 aromatic rings. The Morgan fingerprint density at radius 3 is 2.20 bits per heavy atom. The van der Waals surface area contributed by atoms with Gasteiger partial charge < -0.3 is 0 Å². The lowest BCUT2D eigenvalue weighted by atomic mass is 10.7. The highest BCUT2D eigenvalue weighted by Gasteiger charge is 1.74. The van der Waals surface area contributed by atoms with Gasteiger partial charge in [-0.05, 0) is 6.04 Å². The molecule has 0 aromatic carbocycles. The molecule has 0 heterocycles. The summed E-state index contributed by atoms with van der Waals surface area (Å²) in [6.45, 7) is 3.04. The highest BCUT2D eigenvalue weighted by molar-refractivity contribution is 6.09. The molecule has 0 N–H and O–H groups in total. The fraction of sp³-hybridized carbons (Fsp3) is 0.333. The zero-order valence-electron chi connectivity index (χ0n) is 3.29. The van der Waals surface area contributed by atoms with Crippen molar-refractivity contribution in [3.63, 3.8) is 0 Å². The van der Waals surface area contributed by atoms with Gasteiger partial charge in [0.05, 0.1) is 5.83 Å². The van der Waals surface area contributed by atoms with Gasteiger partial charge in [-0.1, -0.05) is 6.58 Å². The van der Waals surface area contributed by atoms with E-state index < -0.39 is 0 Å². The zero-order valence-corrected chi connectivity index (χ0v) is 5.29. The molecule has 0 atom stereocenters. The van der Waals surface area contributed by atoms with Crippen molar-refractivity contribution in [2.75, 3.05) is 0 Å². The van der Waals surface area contributed by atoms with Crippen LogP contribution in [0.3, 0.4) is 0 Å². The van der Waals surface area contributed by atoms with Crippen molar-refractivity contribution in [1.82, 2.24) is 0 Å². The van der Waals surface area contributed by atoms with E-state index in [1.807, 2.05) is 0 Å². The van der Waals surface area contributed by atoms with Crippen LogP contribution >= 0.6 is 0 Å². The monoisotopic (exact) mass is 90.0 g/mol. The van der Waals surface area contributed by atoms with Crippen LogP contribution in [0.15, 0.2) is 12.4 Å². The first kappa shape index (κ1) is 4.89. The SMILES string of the molecule is C=C(F)C[SiH3]. The fourth-order valence-corrected chi connectivity index (χ4v) is 0. The van der Waals surface area contributed by atoms with E-state index in [4.69, 9.17) is 0 Å². The van der Waals surface area contributed by atoms with Crippen LogP contribution < -0.4 is 0 Å².